The third-order valence-corrected chi connectivity index (χ3v) is 5.71. The van der Waals surface area contributed by atoms with Crippen LogP contribution in [0.5, 0.6) is 0 Å². The molecule has 0 saturated carbocycles. The number of carbonyl (C=O) groups is 1. The monoisotopic (exact) mass is 369 g/mol. The average molecular weight is 369 g/mol. The van der Waals surface area contributed by atoms with Crippen LogP contribution >= 0.6 is 0 Å². The summed E-state index contributed by atoms with van der Waals surface area (Å²) >= 11 is 0. The Balaban J connectivity index is 1.62. The molecule has 3 heterocycles. The molecule has 6 heteroatoms. The van der Waals surface area contributed by atoms with E-state index < -0.39 is 0 Å². The SMILES string of the molecule is C[C@H](NC(=O)c1ccc2c(=O)n3c(nc2c1)CCCCCC3)[C@H]1CCCO1. The van der Waals surface area contributed by atoms with E-state index in [0.29, 0.717) is 16.5 Å². The number of hydrogen-bond acceptors (Lipinski definition) is 4. The number of aryl methyl sites for hydroxylation is 1. The van der Waals surface area contributed by atoms with Crippen LogP contribution in [0.2, 0.25) is 0 Å². The van der Waals surface area contributed by atoms with Gasteiger partial charge in [-0.1, -0.05) is 12.8 Å². The third-order valence-electron chi connectivity index (χ3n) is 5.71. The first-order valence-corrected chi connectivity index (χ1v) is 10.1. The molecule has 0 unspecified atom stereocenters. The molecule has 6 nitrogen and oxygen atoms in total. The van der Waals surface area contributed by atoms with E-state index in [0.717, 1.165) is 57.5 Å². The Bertz CT molecular complexity index is 899. The molecule has 2 atom stereocenters. The summed E-state index contributed by atoms with van der Waals surface area (Å²) in [6.07, 6.45) is 7.32. The predicted molar refractivity (Wildman–Crippen MR) is 104 cm³/mol. The highest BCUT2D eigenvalue weighted by molar-refractivity contribution is 5.97. The van der Waals surface area contributed by atoms with Gasteiger partial charge in [-0.15, -0.1) is 0 Å². The molecule has 0 radical (unpaired) electrons. The number of aromatic nitrogens is 2. The van der Waals surface area contributed by atoms with Crippen LogP contribution in [0.4, 0.5) is 0 Å². The molecule has 1 amide bonds. The number of carbonyl (C=O) groups excluding carboxylic acids is 1. The summed E-state index contributed by atoms with van der Waals surface area (Å²) in [7, 11) is 0. The lowest BCUT2D eigenvalue weighted by Crippen LogP contribution is -2.40. The van der Waals surface area contributed by atoms with Gasteiger partial charge in [0.15, 0.2) is 0 Å². The van der Waals surface area contributed by atoms with Crippen LogP contribution in [0.3, 0.4) is 0 Å². The van der Waals surface area contributed by atoms with Crippen molar-refractivity contribution in [1.82, 2.24) is 14.9 Å². The van der Waals surface area contributed by atoms with E-state index in [2.05, 4.69) is 5.32 Å². The largest absolute Gasteiger partial charge is 0.376 e. The molecule has 2 aromatic rings. The number of hydrogen-bond donors (Lipinski definition) is 1. The molecule has 1 saturated heterocycles. The highest BCUT2D eigenvalue weighted by Crippen LogP contribution is 2.18. The van der Waals surface area contributed by atoms with Crippen molar-refractivity contribution in [3.05, 3.63) is 39.9 Å². The second-order valence-electron chi connectivity index (χ2n) is 7.69. The number of ether oxygens (including phenoxy) is 1. The molecule has 1 fully saturated rings. The average Bonchev–Trinajstić information content (AvgIpc) is 3.18. The lowest BCUT2D eigenvalue weighted by atomic mass is 10.1. The van der Waals surface area contributed by atoms with Crippen LogP contribution in [0.15, 0.2) is 23.0 Å². The summed E-state index contributed by atoms with van der Waals surface area (Å²) < 4.78 is 7.47. The number of rotatable bonds is 3. The molecule has 1 aromatic heterocycles. The van der Waals surface area contributed by atoms with Crippen molar-refractivity contribution in [2.45, 2.75) is 70.6 Å². The third kappa shape index (κ3) is 3.76. The Morgan fingerprint density at radius 1 is 1.26 bits per heavy atom. The van der Waals surface area contributed by atoms with Crippen LogP contribution in [0.25, 0.3) is 10.9 Å². The van der Waals surface area contributed by atoms with Gasteiger partial charge < -0.3 is 10.1 Å². The molecular weight excluding hydrogens is 342 g/mol. The van der Waals surface area contributed by atoms with Crippen molar-refractivity contribution in [1.29, 1.82) is 0 Å². The van der Waals surface area contributed by atoms with Crippen molar-refractivity contribution in [3.63, 3.8) is 0 Å². The Kier molecular flexibility index (Phi) is 5.25. The zero-order chi connectivity index (χ0) is 18.8. The zero-order valence-corrected chi connectivity index (χ0v) is 15.9. The first-order valence-electron chi connectivity index (χ1n) is 10.1. The lowest BCUT2D eigenvalue weighted by Gasteiger charge is -2.20. The number of benzene rings is 1. The van der Waals surface area contributed by atoms with Crippen LogP contribution in [-0.4, -0.2) is 34.2 Å². The van der Waals surface area contributed by atoms with E-state index in [9.17, 15) is 9.59 Å². The van der Waals surface area contributed by atoms with Crippen molar-refractivity contribution >= 4 is 16.8 Å². The zero-order valence-electron chi connectivity index (χ0n) is 15.9. The van der Waals surface area contributed by atoms with Gasteiger partial charge in [0, 0.05) is 25.1 Å². The molecule has 0 bridgehead atoms. The minimum Gasteiger partial charge on any atom is -0.376 e. The Hall–Kier alpha value is -2.21. The summed E-state index contributed by atoms with van der Waals surface area (Å²) in [4.78, 5) is 30.3. The predicted octanol–water partition coefficient (Wildman–Crippen LogP) is 2.81. The maximum Gasteiger partial charge on any atom is 0.261 e. The molecular formula is C21H27N3O3. The van der Waals surface area contributed by atoms with Crippen LogP contribution in [0, 0.1) is 0 Å². The summed E-state index contributed by atoms with van der Waals surface area (Å²) in [5.74, 6) is 0.700. The normalized spacial score (nSPS) is 21.3. The van der Waals surface area contributed by atoms with Gasteiger partial charge in [0.25, 0.3) is 11.5 Å². The summed E-state index contributed by atoms with van der Waals surface area (Å²) in [6.45, 7) is 3.47. The summed E-state index contributed by atoms with van der Waals surface area (Å²) in [6, 6.07) is 5.17. The lowest BCUT2D eigenvalue weighted by molar-refractivity contribution is 0.0712. The van der Waals surface area contributed by atoms with Gasteiger partial charge in [0.1, 0.15) is 5.82 Å². The highest BCUT2D eigenvalue weighted by atomic mass is 16.5. The first-order chi connectivity index (χ1) is 13.1. The molecule has 1 aromatic carbocycles. The van der Waals surface area contributed by atoms with E-state index in [-0.39, 0.29) is 23.6 Å². The molecule has 2 aliphatic rings. The highest BCUT2D eigenvalue weighted by Gasteiger charge is 2.24. The van der Waals surface area contributed by atoms with Gasteiger partial charge >= 0.3 is 0 Å². The van der Waals surface area contributed by atoms with Crippen LogP contribution in [-0.2, 0) is 17.7 Å². The van der Waals surface area contributed by atoms with E-state index >= 15 is 0 Å². The molecule has 2 aliphatic heterocycles. The van der Waals surface area contributed by atoms with Crippen molar-refractivity contribution in [2.24, 2.45) is 0 Å². The Morgan fingerprint density at radius 2 is 2.11 bits per heavy atom. The second kappa shape index (κ2) is 7.80. The van der Waals surface area contributed by atoms with E-state index in [1.807, 2.05) is 11.5 Å². The van der Waals surface area contributed by atoms with Gasteiger partial charge in [-0.2, -0.15) is 0 Å². The minimum absolute atomic E-state index is 0.0107. The van der Waals surface area contributed by atoms with Crippen molar-refractivity contribution < 1.29 is 9.53 Å². The van der Waals surface area contributed by atoms with E-state index in [1.54, 1.807) is 18.2 Å². The number of amides is 1. The summed E-state index contributed by atoms with van der Waals surface area (Å²) in [5.41, 5.74) is 1.16. The maximum atomic E-state index is 12.9. The number of nitrogens with zero attached hydrogens (tertiary/aromatic N) is 2. The fourth-order valence-corrected chi connectivity index (χ4v) is 4.12. The first kappa shape index (κ1) is 18.2. The molecule has 4 rings (SSSR count). The molecule has 27 heavy (non-hydrogen) atoms. The van der Waals surface area contributed by atoms with Crippen LogP contribution < -0.4 is 10.9 Å². The fraction of sp³-hybridized carbons (Fsp3) is 0.571. The second-order valence-corrected chi connectivity index (χ2v) is 7.69. The van der Waals surface area contributed by atoms with E-state index in [4.69, 9.17) is 9.72 Å². The number of nitrogens with one attached hydrogen (secondary N) is 1. The smallest absolute Gasteiger partial charge is 0.261 e. The van der Waals surface area contributed by atoms with Crippen molar-refractivity contribution in [2.75, 3.05) is 6.61 Å². The Labute approximate surface area is 158 Å². The van der Waals surface area contributed by atoms with Crippen molar-refractivity contribution in [3.8, 4) is 0 Å². The molecule has 144 valence electrons. The quantitative estimate of drug-likeness (QED) is 0.903. The molecule has 1 N–H and O–H groups in total. The van der Waals surface area contributed by atoms with Gasteiger partial charge in [0.2, 0.25) is 0 Å². The van der Waals surface area contributed by atoms with Crippen LogP contribution in [0.1, 0.15) is 61.6 Å². The topological polar surface area (TPSA) is 73.2 Å². The minimum atomic E-state index is -0.145. The maximum absolute atomic E-state index is 12.9. The van der Waals surface area contributed by atoms with Gasteiger partial charge in [-0.25, -0.2) is 4.98 Å². The Morgan fingerprint density at radius 3 is 2.93 bits per heavy atom. The van der Waals surface area contributed by atoms with Gasteiger partial charge in [0.05, 0.1) is 23.0 Å². The fourth-order valence-electron chi connectivity index (χ4n) is 4.12. The molecule has 0 spiro atoms. The van der Waals surface area contributed by atoms with Gasteiger partial charge in [-0.05, 0) is 50.8 Å². The van der Waals surface area contributed by atoms with Gasteiger partial charge in [-0.3, -0.25) is 14.2 Å². The summed E-state index contributed by atoms with van der Waals surface area (Å²) in [5, 5.41) is 3.61. The van der Waals surface area contributed by atoms with E-state index in [1.165, 1.54) is 6.42 Å². The molecule has 0 aliphatic carbocycles. The standard InChI is InChI=1S/C21H27N3O3/c1-14(18-7-6-12-27-18)22-20(25)15-9-10-16-17(13-15)23-19-8-4-2-3-5-11-24(19)21(16)26/h9-10,13-14,18H,2-8,11-12H2,1H3,(H,22,25)/t14-,18+/m0/s1. The number of fused-ring (bicyclic) bond motifs is 2.